The van der Waals surface area contributed by atoms with Crippen LogP contribution in [0.1, 0.15) is 18.1 Å². The van der Waals surface area contributed by atoms with Gasteiger partial charge in [-0.2, -0.15) is 0 Å². The number of likely N-dealkylation sites (N-methyl/N-ethyl adjacent to an activating group) is 1. The molecule has 8 heteroatoms. The number of benzene rings is 3. The Hall–Kier alpha value is -2.73. The molecule has 0 aliphatic rings. The number of ether oxygens (including phenoxy) is 1. The number of hydrogen-bond acceptors (Lipinski definition) is 3. The van der Waals surface area contributed by atoms with Gasteiger partial charge in [0.15, 0.2) is 6.61 Å². The van der Waals surface area contributed by atoms with Crippen molar-refractivity contribution in [1.29, 1.82) is 0 Å². The van der Waals surface area contributed by atoms with E-state index in [1.165, 1.54) is 4.90 Å². The van der Waals surface area contributed by atoms with Crippen LogP contribution in [0.4, 0.5) is 0 Å². The van der Waals surface area contributed by atoms with E-state index in [1.54, 1.807) is 42.5 Å². The van der Waals surface area contributed by atoms with Crippen molar-refractivity contribution in [3.63, 3.8) is 0 Å². The van der Waals surface area contributed by atoms with Crippen molar-refractivity contribution in [2.75, 3.05) is 13.2 Å². The van der Waals surface area contributed by atoms with Crippen LogP contribution in [0, 0.1) is 0 Å². The van der Waals surface area contributed by atoms with E-state index >= 15 is 0 Å². The lowest BCUT2D eigenvalue weighted by atomic mass is 10.0. The van der Waals surface area contributed by atoms with Gasteiger partial charge in [-0.25, -0.2) is 0 Å². The zero-order valence-electron chi connectivity index (χ0n) is 18.6. The zero-order valence-corrected chi connectivity index (χ0v) is 20.9. The summed E-state index contributed by atoms with van der Waals surface area (Å²) in [6, 6.07) is 20.7. The number of rotatable bonds is 10. The van der Waals surface area contributed by atoms with Crippen molar-refractivity contribution in [3.05, 3.63) is 99.0 Å². The Labute approximate surface area is 214 Å². The van der Waals surface area contributed by atoms with E-state index in [2.05, 4.69) is 5.32 Å². The predicted molar refractivity (Wildman–Crippen MR) is 137 cm³/mol. The third-order valence-electron chi connectivity index (χ3n) is 5.20. The van der Waals surface area contributed by atoms with E-state index in [1.807, 2.05) is 37.3 Å². The van der Waals surface area contributed by atoms with Crippen LogP contribution in [-0.4, -0.2) is 35.9 Å². The molecule has 1 unspecified atom stereocenters. The van der Waals surface area contributed by atoms with E-state index in [4.69, 9.17) is 39.5 Å². The molecule has 0 spiro atoms. The number of nitrogens with zero attached hydrogens (tertiary/aromatic N) is 1. The molecule has 3 rings (SSSR count). The average molecular weight is 520 g/mol. The van der Waals surface area contributed by atoms with Crippen molar-refractivity contribution >= 4 is 46.6 Å². The summed E-state index contributed by atoms with van der Waals surface area (Å²) in [6.07, 6.45) is 0.312. The summed E-state index contributed by atoms with van der Waals surface area (Å²) < 4.78 is 5.70. The second kappa shape index (κ2) is 12.7. The molecule has 0 aromatic heterocycles. The highest BCUT2D eigenvalue weighted by atomic mass is 35.5. The Bertz CT molecular complexity index is 1110. The maximum atomic E-state index is 13.5. The van der Waals surface area contributed by atoms with Gasteiger partial charge in [-0.05, 0) is 36.8 Å². The van der Waals surface area contributed by atoms with Gasteiger partial charge in [0.05, 0.1) is 5.02 Å². The Balaban J connectivity index is 1.95. The standard InChI is InChI=1S/C26H25Cl3N2O3/c1-2-30-26(33)23(15-18-9-4-3-5-10-18)31(16-19-20(27)12-8-13-21(19)28)25(32)17-34-24-14-7-6-11-22(24)29/h3-14,23H,2,15-17H2,1H3,(H,30,33). The summed E-state index contributed by atoms with van der Waals surface area (Å²) in [5.41, 5.74) is 1.47. The molecule has 178 valence electrons. The summed E-state index contributed by atoms with van der Waals surface area (Å²) in [7, 11) is 0. The van der Waals surface area contributed by atoms with Gasteiger partial charge in [-0.15, -0.1) is 0 Å². The van der Waals surface area contributed by atoms with E-state index in [9.17, 15) is 9.59 Å². The number of amides is 2. The number of halogens is 3. The second-order valence-corrected chi connectivity index (χ2v) is 8.76. The fraction of sp³-hybridized carbons (Fsp3) is 0.231. The van der Waals surface area contributed by atoms with E-state index in [0.29, 0.717) is 39.3 Å². The quantitative estimate of drug-likeness (QED) is 0.368. The van der Waals surface area contributed by atoms with Gasteiger partial charge < -0.3 is 15.0 Å². The minimum absolute atomic E-state index is 0.0395. The van der Waals surface area contributed by atoms with Crippen molar-refractivity contribution in [3.8, 4) is 5.75 Å². The topological polar surface area (TPSA) is 58.6 Å². The molecule has 0 saturated carbocycles. The lowest BCUT2D eigenvalue weighted by Gasteiger charge is -2.32. The third kappa shape index (κ3) is 6.89. The van der Waals surface area contributed by atoms with Crippen LogP contribution in [0.2, 0.25) is 15.1 Å². The number of carbonyl (C=O) groups is 2. The van der Waals surface area contributed by atoms with Crippen LogP contribution >= 0.6 is 34.8 Å². The fourth-order valence-electron chi connectivity index (χ4n) is 3.48. The predicted octanol–water partition coefficient (Wildman–Crippen LogP) is 5.80. The van der Waals surface area contributed by atoms with E-state index in [-0.39, 0.29) is 19.1 Å². The lowest BCUT2D eigenvalue weighted by Crippen LogP contribution is -2.51. The fourth-order valence-corrected chi connectivity index (χ4v) is 4.19. The van der Waals surface area contributed by atoms with Crippen LogP contribution in [-0.2, 0) is 22.6 Å². The molecule has 3 aromatic carbocycles. The summed E-state index contributed by atoms with van der Waals surface area (Å²) in [5, 5.41) is 4.05. The molecular formula is C26H25Cl3N2O3. The monoisotopic (exact) mass is 518 g/mol. The molecule has 0 aliphatic carbocycles. The summed E-state index contributed by atoms with van der Waals surface area (Å²) >= 11 is 19.0. The SMILES string of the molecule is CCNC(=O)C(Cc1ccccc1)N(Cc1c(Cl)cccc1Cl)C(=O)COc1ccccc1Cl. The van der Waals surface area contributed by atoms with Gasteiger partial charge in [-0.1, -0.05) is 83.3 Å². The Kier molecular flexibility index (Phi) is 9.63. The number of para-hydroxylation sites is 1. The first-order chi connectivity index (χ1) is 16.4. The normalized spacial score (nSPS) is 11.5. The molecular weight excluding hydrogens is 495 g/mol. The average Bonchev–Trinajstić information content (AvgIpc) is 2.83. The molecule has 1 N–H and O–H groups in total. The molecule has 0 fully saturated rings. The largest absolute Gasteiger partial charge is 0.482 e. The van der Waals surface area contributed by atoms with Gasteiger partial charge in [0.2, 0.25) is 5.91 Å². The zero-order chi connectivity index (χ0) is 24.5. The van der Waals surface area contributed by atoms with Gasteiger partial charge in [-0.3, -0.25) is 9.59 Å². The minimum atomic E-state index is -0.808. The van der Waals surface area contributed by atoms with Crippen molar-refractivity contribution < 1.29 is 14.3 Å². The van der Waals surface area contributed by atoms with Gasteiger partial charge in [0, 0.05) is 35.1 Å². The van der Waals surface area contributed by atoms with Crippen LogP contribution in [0.5, 0.6) is 5.75 Å². The number of carbonyl (C=O) groups excluding carboxylic acids is 2. The maximum absolute atomic E-state index is 13.5. The molecule has 3 aromatic rings. The molecule has 0 bridgehead atoms. The van der Waals surface area contributed by atoms with Crippen LogP contribution < -0.4 is 10.1 Å². The molecule has 0 saturated heterocycles. The molecule has 34 heavy (non-hydrogen) atoms. The van der Waals surface area contributed by atoms with Crippen LogP contribution in [0.15, 0.2) is 72.8 Å². The smallest absolute Gasteiger partial charge is 0.261 e. The molecule has 0 heterocycles. The summed E-state index contributed by atoms with van der Waals surface area (Å²) in [4.78, 5) is 28.1. The summed E-state index contributed by atoms with van der Waals surface area (Å²) in [5.74, 6) is -0.297. The first-order valence-corrected chi connectivity index (χ1v) is 12.0. The van der Waals surface area contributed by atoms with Gasteiger partial charge in [0.1, 0.15) is 11.8 Å². The Morgan fingerprint density at radius 2 is 1.50 bits per heavy atom. The van der Waals surface area contributed by atoms with Crippen molar-refractivity contribution in [2.45, 2.75) is 25.9 Å². The highest BCUT2D eigenvalue weighted by Crippen LogP contribution is 2.28. The second-order valence-electron chi connectivity index (χ2n) is 7.54. The van der Waals surface area contributed by atoms with E-state index < -0.39 is 11.9 Å². The van der Waals surface area contributed by atoms with Crippen molar-refractivity contribution in [1.82, 2.24) is 10.2 Å². The third-order valence-corrected chi connectivity index (χ3v) is 6.22. The first-order valence-electron chi connectivity index (χ1n) is 10.8. The highest BCUT2D eigenvalue weighted by molar-refractivity contribution is 6.36. The molecule has 0 radical (unpaired) electrons. The molecule has 5 nitrogen and oxygen atoms in total. The van der Waals surface area contributed by atoms with Crippen molar-refractivity contribution in [2.24, 2.45) is 0 Å². The first kappa shape index (κ1) is 25.9. The van der Waals surface area contributed by atoms with Crippen LogP contribution in [0.3, 0.4) is 0 Å². The Morgan fingerprint density at radius 1 is 0.882 bits per heavy atom. The lowest BCUT2D eigenvalue weighted by molar-refractivity contribution is -0.142. The number of hydrogen-bond donors (Lipinski definition) is 1. The Morgan fingerprint density at radius 3 is 2.15 bits per heavy atom. The maximum Gasteiger partial charge on any atom is 0.261 e. The minimum Gasteiger partial charge on any atom is -0.482 e. The van der Waals surface area contributed by atoms with Gasteiger partial charge in [0.25, 0.3) is 5.91 Å². The molecule has 0 aliphatic heterocycles. The summed E-state index contributed by atoms with van der Waals surface area (Å²) in [6.45, 7) is 1.98. The number of nitrogens with one attached hydrogen (secondary N) is 1. The molecule has 2 amide bonds. The van der Waals surface area contributed by atoms with Crippen LogP contribution in [0.25, 0.3) is 0 Å². The van der Waals surface area contributed by atoms with E-state index in [0.717, 1.165) is 5.56 Å². The highest BCUT2D eigenvalue weighted by Gasteiger charge is 2.31. The molecule has 1 atom stereocenters. The van der Waals surface area contributed by atoms with Gasteiger partial charge >= 0.3 is 0 Å².